The third-order valence-corrected chi connectivity index (χ3v) is 4.19. The fraction of sp³-hybridized carbons (Fsp3) is 0.600. The molecule has 0 spiro atoms. The summed E-state index contributed by atoms with van der Waals surface area (Å²) in [6.07, 6.45) is 3.50. The largest absolute Gasteiger partial charge is 0.382 e. The summed E-state index contributed by atoms with van der Waals surface area (Å²) >= 11 is 0. The SMILES string of the molecule is CNc1cccc(NCCC2CCN(C)CC2)c1[N+](=O)[O-]. The van der Waals surface area contributed by atoms with Crippen LogP contribution >= 0.6 is 0 Å². The van der Waals surface area contributed by atoms with E-state index in [4.69, 9.17) is 0 Å². The van der Waals surface area contributed by atoms with Gasteiger partial charge in [-0.3, -0.25) is 10.1 Å². The molecule has 0 aromatic heterocycles. The molecular formula is C15H24N4O2. The molecule has 1 fully saturated rings. The second-order valence-electron chi connectivity index (χ2n) is 5.67. The quantitative estimate of drug-likeness (QED) is 0.623. The first-order chi connectivity index (χ1) is 10.1. The molecule has 1 saturated heterocycles. The summed E-state index contributed by atoms with van der Waals surface area (Å²) in [5, 5.41) is 17.3. The number of para-hydroxylation sites is 1. The normalized spacial score (nSPS) is 16.7. The molecule has 0 bridgehead atoms. The second kappa shape index (κ2) is 7.26. The molecule has 0 atom stereocenters. The summed E-state index contributed by atoms with van der Waals surface area (Å²) in [5.74, 6) is 0.722. The third kappa shape index (κ3) is 4.07. The standard InChI is InChI=1S/C15H24N4O2/c1-16-13-4-3-5-14(15(13)19(20)21)17-9-6-12-7-10-18(2)11-8-12/h3-5,12,16-17H,6-11H2,1-2H3. The van der Waals surface area contributed by atoms with Crippen LogP contribution in [0.5, 0.6) is 0 Å². The molecule has 1 aliphatic heterocycles. The first kappa shape index (κ1) is 15.6. The monoisotopic (exact) mass is 292 g/mol. The molecule has 0 amide bonds. The molecule has 0 aliphatic carbocycles. The number of nitrogens with one attached hydrogen (secondary N) is 2. The van der Waals surface area contributed by atoms with E-state index < -0.39 is 0 Å². The number of likely N-dealkylation sites (tertiary alicyclic amines) is 1. The van der Waals surface area contributed by atoms with Crippen molar-refractivity contribution in [2.24, 2.45) is 5.92 Å². The molecule has 6 heteroatoms. The summed E-state index contributed by atoms with van der Waals surface area (Å²) in [6.45, 7) is 3.09. The van der Waals surface area contributed by atoms with Crippen LogP contribution in [-0.4, -0.2) is 43.6 Å². The van der Waals surface area contributed by atoms with Crippen LogP contribution in [0, 0.1) is 16.0 Å². The van der Waals surface area contributed by atoms with E-state index in [2.05, 4.69) is 22.6 Å². The zero-order chi connectivity index (χ0) is 15.2. The number of nitro groups is 1. The Balaban J connectivity index is 1.92. The summed E-state index contributed by atoms with van der Waals surface area (Å²) in [6, 6.07) is 5.32. The summed E-state index contributed by atoms with van der Waals surface area (Å²) in [7, 11) is 3.85. The van der Waals surface area contributed by atoms with Gasteiger partial charge in [-0.05, 0) is 57.5 Å². The average molecular weight is 292 g/mol. The van der Waals surface area contributed by atoms with E-state index in [9.17, 15) is 10.1 Å². The van der Waals surface area contributed by atoms with Crippen LogP contribution in [0.3, 0.4) is 0 Å². The van der Waals surface area contributed by atoms with Gasteiger partial charge in [-0.2, -0.15) is 0 Å². The molecule has 1 aromatic carbocycles. The van der Waals surface area contributed by atoms with Gasteiger partial charge in [0.15, 0.2) is 0 Å². The Morgan fingerprint density at radius 1 is 1.33 bits per heavy atom. The van der Waals surface area contributed by atoms with E-state index in [1.54, 1.807) is 19.2 Å². The van der Waals surface area contributed by atoms with Crippen LogP contribution in [-0.2, 0) is 0 Å². The Morgan fingerprint density at radius 3 is 2.62 bits per heavy atom. The van der Waals surface area contributed by atoms with Crippen LogP contribution in [0.15, 0.2) is 18.2 Å². The smallest absolute Gasteiger partial charge is 0.315 e. The predicted molar refractivity (Wildman–Crippen MR) is 86.0 cm³/mol. The van der Waals surface area contributed by atoms with Gasteiger partial charge >= 0.3 is 5.69 Å². The number of hydrogen-bond donors (Lipinski definition) is 2. The highest BCUT2D eigenvalue weighted by Crippen LogP contribution is 2.32. The molecular weight excluding hydrogens is 268 g/mol. The Hall–Kier alpha value is -1.82. The number of nitrogens with zero attached hydrogens (tertiary/aromatic N) is 2. The second-order valence-corrected chi connectivity index (χ2v) is 5.67. The van der Waals surface area contributed by atoms with Crippen LogP contribution < -0.4 is 10.6 Å². The Labute approximate surface area is 125 Å². The minimum Gasteiger partial charge on any atom is -0.382 e. The van der Waals surface area contributed by atoms with Gasteiger partial charge in [-0.15, -0.1) is 0 Å². The maximum Gasteiger partial charge on any atom is 0.315 e. The number of benzene rings is 1. The first-order valence-electron chi connectivity index (χ1n) is 7.49. The molecule has 0 saturated carbocycles. The predicted octanol–water partition coefficient (Wildman–Crippen LogP) is 2.78. The highest BCUT2D eigenvalue weighted by Gasteiger charge is 2.20. The van der Waals surface area contributed by atoms with E-state index in [-0.39, 0.29) is 10.6 Å². The van der Waals surface area contributed by atoms with Crippen molar-refractivity contribution in [2.75, 3.05) is 44.4 Å². The third-order valence-electron chi connectivity index (χ3n) is 4.19. The Kier molecular flexibility index (Phi) is 5.38. The van der Waals surface area contributed by atoms with E-state index in [1.807, 2.05) is 6.07 Å². The van der Waals surface area contributed by atoms with Crippen molar-refractivity contribution in [3.8, 4) is 0 Å². The molecule has 6 nitrogen and oxygen atoms in total. The minimum absolute atomic E-state index is 0.128. The molecule has 116 valence electrons. The van der Waals surface area contributed by atoms with E-state index >= 15 is 0 Å². The van der Waals surface area contributed by atoms with Gasteiger partial charge in [-0.25, -0.2) is 0 Å². The van der Waals surface area contributed by atoms with Crippen molar-refractivity contribution in [1.29, 1.82) is 0 Å². The van der Waals surface area contributed by atoms with Crippen LogP contribution in [0.2, 0.25) is 0 Å². The maximum atomic E-state index is 11.2. The van der Waals surface area contributed by atoms with Crippen molar-refractivity contribution >= 4 is 17.1 Å². The fourth-order valence-corrected chi connectivity index (χ4v) is 2.85. The minimum atomic E-state index is -0.330. The highest BCUT2D eigenvalue weighted by molar-refractivity contribution is 5.75. The van der Waals surface area contributed by atoms with Crippen LogP contribution in [0.4, 0.5) is 17.1 Å². The van der Waals surface area contributed by atoms with E-state index in [0.717, 1.165) is 32.0 Å². The first-order valence-corrected chi connectivity index (χ1v) is 7.49. The number of nitro benzene ring substituents is 1. The summed E-state index contributed by atoms with van der Waals surface area (Å²) < 4.78 is 0. The Bertz CT molecular complexity index is 485. The van der Waals surface area contributed by atoms with Crippen molar-refractivity contribution in [2.45, 2.75) is 19.3 Å². The van der Waals surface area contributed by atoms with Gasteiger partial charge in [0, 0.05) is 13.6 Å². The summed E-state index contributed by atoms with van der Waals surface area (Å²) in [5.41, 5.74) is 1.27. The van der Waals surface area contributed by atoms with Crippen LogP contribution in [0.25, 0.3) is 0 Å². The molecule has 1 heterocycles. The topological polar surface area (TPSA) is 70.4 Å². The van der Waals surface area contributed by atoms with Gasteiger partial charge in [0.1, 0.15) is 11.4 Å². The molecule has 2 rings (SSSR count). The average Bonchev–Trinajstić information content (AvgIpc) is 2.48. The lowest BCUT2D eigenvalue weighted by Gasteiger charge is -2.28. The van der Waals surface area contributed by atoms with E-state index in [0.29, 0.717) is 11.4 Å². The fourth-order valence-electron chi connectivity index (χ4n) is 2.85. The van der Waals surface area contributed by atoms with Crippen LogP contribution in [0.1, 0.15) is 19.3 Å². The van der Waals surface area contributed by atoms with Crippen molar-refractivity contribution in [3.63, 3.8) is 0 Å². The number of hydrogen-bond acceptors (Lipinski definition) is 5. The van der Waals surface area contributed by atoms with Crippen molar-refractivity contribution < 1.29 is 4.92 Å². The molecule has 1 aromatic rings. The van der Waals surface area contributed by atoms with Gasteiger partial charge < -0.3 is 15.5 Å². The Morgan fingerprint density at radius 2 is 2.00 bits per heavy atom. The van der Waals surface area contributed by atoms with Gasteiger partial charge in [-0.1, -0.05) is 6.07 Å². The highest BCUT2D eigenvalue weighted by atomic mass is 16.6. The van der Waals surface area contributed by atoms with Crippen molar-refractivity contribution in [1.82, 2.24) is 4.90 Å². The molecule has 0 radical (unpaired) electrons. The zero-order valence-electron chi connectivity index (χ0n) is 12.8. The number of rotatable bonds is 6. The molecule has 21 heavy (non-hydrogen) atoms. The molecule has 1 aliphatic rings. The van der Waals surface area contributed by atoms with Gasteiger partial charge in [0.2, 0.25) is 0 Å². The van der Waals surface area contributed by atoms with E-state index in [1.165, 1.54) is 12.8 Å². The lowest BCUT2D eigenvalue weighted by Crippen LogP contribution is -2.30. The van der Waals surface area contributed by atoms with Gasteiger partial charge in [0.25, 0.3) is 0 Å². The lowest BCUT2D eigenvalue weighted by molar-refractivity contribution is -0.383. The van der Waals surface area contributed by atoms with Gasteiger partial charge in [0.05, 0.1) is 4.92 Å². The van der Waals surface area contributed by atoms with Crippen molar-refractivity contribution in [3.05, 3.63) is 28.3 Å². The lowest BCUT2D eigenvalue weighted by atomic mass is 9.94. The molecule has 2 N–H and O–H groups in total. The maximum absolute atomic E-state index is 11.2. The molecule has 0 unspecified atom stereocenters. The summed E-state index contributed by atoms with van der Waals surface area (Å²) in [4.78, 5) is 13.2. The zero-order valence-corrected chi connectivity index (χ0v) is 12.8. The number of anilines is 2. The number of piperidine rings is 1.